The van der Waals surface area contributed by atoms with E-state index in [9.17, 15) is 4.79 Å². The van der Waals surface area contributed by atoms with Gasteiger partial charge in [-0.1, -0.05) is 60.7 Å². The largest absolute Gasteiger partial charge is 0.489 e. The van der Waals surface area contributed by atoms with Gasteiger partial charge in [-0.3, -0.25) is 4.79 Å². The van der Waals surface area contributed by atoms with Gasteiger partial charge in [-0.2, -0.15) is 0 Å². The number of carbonyl (C=O) groups is 1. The molecule has 0 saturated heterocycles. The zero-order chi connectivity index (χ0) is 20.6. The number of rotatable bonds is 8. The number of para-hydroxylation sites is 1. The van der Waals surface area contributed by atoms with Crippen molar-refractivity contribution in [1.82, 2.24) is 14.9 Å². The third-order valence-electron chi connectivity index (χ3n) is 4.77. The fourth-order valence-corrected chi connectivity index (χ4v) is 3.25. The number of benzene rings is 3. The molecule has 0 radical (unpaired) electrons. The van der Waals surface area contributed by atoms with Crippen LogP contribution in [0, 0.1) is 0 Å². The van der Waals surface area contributed by atoms with Gasteiger partial charge in [-0.05, 0) is 29.3 Å². The van der Waals surface area contributed by atoms with Gasteiger partial charge in [0.2, 0.25) is 0 Å². The molecule has 0 aliphatic carbocycles. The van der Waals surface area contributed by atoms with Crippen LogP contribution in [0.25, 0.3) is 0 Å². The summed E-state index contributed by atoms with van der Waals surface area (Å²) in [5, 5.41) is 3.03. The monoisotopic (exact) mass is 397 g/mol. The molecule has 1 heterocycles. The molecule has 0 atom stereocenters. The highest BCUT2D eigenvalue weighted by atomic mass is 16.5. The highest BCUT2D eigenvalue weighted by Crippen LogP contribution is 2.15. The molecule has 1 aromatic heterocycles. The lowest BCUT2D eigenvalue weighted by Crippen LogP contribution is -2.24. The van der Waals surface area contributed by atoms with Crippen molar-refractivity contribution in [2.45, 2.75) is 19.7 Å². The van der Waals surface area contributed by atoms with Gasteiger partial charge in [0.05, 0.1) is 6.33 Å². The third kappa shape index (κ3) is 5.14. The second-order valence-electron chi connectivity index (χ2n) is 7.00. The van der Waals surface area contributed by atoms with Crippen LogP contribution in [-0.2, 0) is 19.7 Å². The Kier molecular flexibility index (Phi) is 6.20. The minimum absolute atomic E-state index is 0.109. The fraction of sp³-hybridized carbons (Fsp3) is 0.120. The second kappa shape index (κ2) is 9.56. The Morgan fingerprint density at radius 2 is 1.73 bits per heavy atom. The smallest absolute Gasteiger partial charge is 0.251 e. The third-order valence-corrected chi connectivity index (χ3v) is 4.77. The lowest BCUT2D eigenvalue weighted by atomic mass is 10.1. The van der Waals surface area contributed by atoms with Crippen LogP contribution in [-0.4, -0.2) is 15.5 Å². The van der Waals surface area contributed by atoms with E-state index in [-0.39, 0.29) is 5.91 Å². The first-order valence-corrected chi connectivity index (χ1v) is 9.85. The predicted molar refractivity (Wildman–Crippen MR) is 116 cm³/mol. The zero-order valence-corrected chi connectivity index (χ0v) is 16.6. The topological polar surface area (TPSA) is 56.2 Å². The van der Waals surface area contributed by atoms with E-state index < -0.39 is 0 Å². The molecule has 0 saturated carbocycles. The SMILES string of the molecule is O=C(NCc1cccc(Cn2ccnc2)c1)c1ccccc1COc1ccccc1. The van der Waals surface area contributed by atoms with Crippen molar-refractivity contribution in [1.29, 1.82) is 0 Å². The van der Waals surface area contributed by atoms with Gasteiger partial charge in [0.25, 0.3) is 5.91 Å². The van der Waals surface area contributed by atoms with Gasteiger partial charge < -0.3 is 14.6 Å². The number of imidazole rings is 1. The number of nitrogens with zero attached hydrogens (tertiary/aromatic N) is 2. The maximum atomic E-state index is 12.8. The minimum Gasteiger partial charge on any atom is -0.489 e. The highest BCUT2D eigenvalue weighted by Gasteiger charge is 2.11. The Morgan fingerprint density at radius 3 is 2.57 bits per heavy atom. The number of hydrogen-bond donors (Lipinski definition) is 1. The summed E-state index contributed by atoms with van der Waals surface area (Å²) in [6.45, 7) is 1.56. The number of ether oxygens (including phenoxy) is 1. The molecule has 3 aromatic carbocycles. The van der Waals surface area contributed by atoms with E-state index in [1.807, 2.05) is 77.5 Å². The van der Waals surface area contributed by atoms with Crippen LogP contribution < -0.4 is 10.1 Å². The van der Waals surface area contributed by atoms with Gasteiger partial charge in [-0.25, -0.2) is 4.98 Å². The van der Waals surface area contributed by atoms with E-state index in [0.29, 0.717) is 18.7 Å². The molecule has 30 heavy (non-hydrogen) atoms. The fourth-order valence-electron chi connectivity index (χ4n) is 3.25. The van der Waals surface area contributed by atoms with Crippen molar-refractivity contribution in [2.24, 2.45) is 0 Å². The van der Waals surface area contributed by atoms with Crippen LogP contribution in [0.2, 0.25) is 0 Å². The van der Waals surface area contributed by atoms with E-state index in [4.69, 9.17) is 4.74 Å². The summed E-state index contributed by atoms with van der Waals surface area (Å²) < 4.78 is 7.84. The van der Waals surface area contributed by atoms with Gasteiger partial charge in [0, 0.05) is 36.6 Å². The predicted octanol–water partition coefficient (Wildman–Crippen LogP) is 4.44. The lowest BCUT2D eigenvalue weighted by molar-refractivity contribution is 0.0948. The van der Waals surface area contributed by atoms with Crippen LogP contribution in [0.4, 0.5) is 0 Å². The summed E-state index contributed by atoms with van der Waals surface area (Å²) in [4.78, 5) is 16.9. The van der Waals surface area contributed by atoms with Gasteiger partial charge in [0.1, 0.15) is 12.4 Å². The average Bonchev–Trinajstić information content (AvgIpc) is 3.30. The Labute approximate surface area is 176 Å². The Bertz CT molecular complexity index is 1090. The molecule has 4 aromatic rings. The zero-order valence-electron chi connectivity index (χ0n) is 16.6. The molecule has 1 amide bonds. The van der Waals surface area contributed by atoms with E-state index in [2.05, 4.69) is 22.4 Å². The standard InChI is InChI=1S/C25H23N3O2/c29-25(24-12-5-4-9-22(24)18-30-23-10-2-1-3-11-23)27-16-20-7-6-8-21(15-20)17-28-14-13-26-19-28/h1-15,19H,16-18H2,(H,27,29). The van der Waals surface area contributed by atoms with E-state index in [0.717, 1.165) is 29.0 Å². The Morgan fingerprint density at radius 1 is 0.933 bits per heavy atom. The maximum absolute atomic E-state index is 12.8. The van der Waals surface area contributed by atoms with Gasteiger partial charge >= 0.3 is 0 Å². The highest BCUT2D eigenvalue weighted by molar-refractivity contribution is 5.95. The molecule has 0 bridgehead atoms. The summed E-state index contributed by atoms with van der Waals surface area (Å²) in [5.74, 6) is 0.671. The van der Waals surface area contributed by atoms with Crippen LogP contribution in [0.1, 0.15) is 27.0 Å². The summed E-state index contributed by atoms with van der Waals surface area (Å²) >= 11 is 0. The van der Waals surface area contributed by atoms with Crippen molar-refractivity contribution in [2.75, 3.05) is 0 Å². The normalized spacial score (nSPS) is 10.5. The quantitative estimate of drug-likeness (QED) is 0.478. The summed E-state index contributed by atoms with van der Waals surface area (Å²) in [6, 6.07) is 25.3. The molecule has 1 N–H and O–H groups in total. The molecule has 0 aliphatic rings. The number of amides is 1. The Balaban J connectivity index is 1.38. The van der Waals surface area contributed by atoms with E-state index >= 15 is 0 Å². The van der Waals surface area contributed by atoms with Gasteiger partial charge in [0.15, 0.2) is 0 Å². The second-order valence-corrected chi connectivity index (χ2v) is 7.00. The molecule has 0 spiro atoms. The van der Waals surface area contributed by atoms with Crippen molar-refractivity contribution >= 4 is 5.91 Å². The van der Waals surface area contributed by atoms with Gasteiger partial charge in [-0.15, -0.1) is 0 Å². The molecule has 5 heteroatoms. The number of hydrogen-bond acceptors (Lipinski definition) is 3. The van der Waals surface area contributed by atoms with E-state index in [1.54, 1.807) is 12.5 Å². The van der Waals surface area contributed by atoms with Crippen LogP contribution in [0.5, 0.6) is 5.75 Å². The molecule has 0 unspecified atom stereocenters. The molecule has 150 valence electrons. The first kappa shape index (κ1) is 19.5. The van der Waals surface area contributed by atoms with E-state index in [1.165, 1.54) is 0 Å². The first-order valence-electron chi connectivity index (χ1n) is 9.85. The van der Waals surface area contributed by atoms with Crippen molar-refractivity contribution in [3.05, 3.63) is 120 Å². The summed E-state index contributed by atoms with van der Waals surface area (Å²) in [6.07, 6.45) is 5.49. The number of carbonyl (C=O) groups excluding carboxylic acids is 1. The minimum atomic E-state index is -0.109. The molecule has 4 rings (SSSR count). The number of aromatic nitrogens is 2. The van der Waals surface area contributed by atoms with Crippen molar-refractivity contribution in [3.63, 3.8) is 0 Å². The molecular weight excluding hydrogens is 374 g/mol. The van der Waals surface area contributed by atoms with Crippen molar-refractivity contribution in [3.8, 4) is 5.75 Å². The van der Waals surface area contributed by atoms with Crippen LogP contribution in [0.3, 0.4) is 0 Å². The average molecular weight is 397 g/mol. The number of nitrogens with one attached hydrogen (secondary N) is 1. The lowest BCUT2D eigenvalue weighted by Gasteiger charge is -2.12. The molecule has 0 fully saturated rings. The Hall–Kier alpha value is -3.86. The maximum Gasteiger partial charge on any atom is 0.251 e. The molecular formula is C25H23N3O2. The molecule has 5 nitrogen and oxygen atoms in total. The van der Waals surface area contributed by atoms with Crippen LogP contribution in [0.15, 0.2) is 97.6 Å². The summed E-state index contributed by atoms with van der Waals surface area (Å²) in [5.41, 5.74) is 3.70. The first-order chi connectivity index (χ1) is 14.8. The van der Waals surface area contributed by atoms with Crippen molar-refractivity contribution < 1.29 is 9.53 Å². The van der Waals surface area contributed by atoms with Crippen LogP contribution >= 0.6 is 0 Å². The summed E-state index contributed by atoms with van der Waals surface area (Å²) in [7, 11) is 0. The molecule has 0 aliphatic heterocycles.